The van der Waals surface area contributed by atoms with Gasteiger partial charge in [-0.05, 0) is 18.2 Å². The molecule has 1 aliphatic heterocycles. The summed E-state index contributed by atoms with van der Waals surface area (Å²) in [5.74, 6) is 2.24. The molecule has 7 heteroatoms. The van der Waals surface area contributed by atoms with Crippen molar-refractivity contribution in [1.82, 2.24) is 4.90 Å². The van der Waals surface area contributed by atoms with Gasteiger partial charge < -0.3 is 9.32 Å². The summed E-state index contributed by atoms with van der Waals surface area (Å²) in [4.78, 5) is 24.7. The third-order valence-electron chi connectivity index (χ3n) is 3.48. The maximum Gasteiger partial charge on any atom is 0.289 e. The SMILES string of the molecule is O=C(c1ccc(-c2ccccc2[N+](=O)[O-])o1)N1CCSCC1. The Labute approximate surface area is 131 Å². The van der Waals surface area contributed by atoms with Gasteiger partial charge in [0.05, 0.1) is 10.5 Å². The maximum absolute atomic E-state index is 12.4. The largest absolute Gasteiger partial charge is 0.451 e. The molecular weight excluding hydrogens is 304 g/mol. The van der Waals surface area contributed by atoms with E-state index in [1.807, 2.05) is 11.8 Å². The van der Waals surface area contributed by atoms with Gasteiger partial charge in [0.2, 0.25) is 0 Å². The van der Waals surface area contributed by atoms with Gasteiger partial charge in [-0.15, -0.1) is 0 Å². The second-order valence-electron chi connectivity index (χ2n) is 4.84. The van der Waals surface area contributed by atoms with E-state index in [9.17, 15) is 14.9 Å². The summed E-state index contributed by atoms with van der Waals surface area (Å²) in [7, 11) is 0. The van der Waals surface area contributed by atoms with Crippen LogP contribution in [-0.2, 0) is 0 Å². The van der Waals surface area contributed by atoms with Gasteiger partial charge >= 0.3 is 0 Å². The second-order valence-corrected chi connectivity index (χ2v) is 6.07. The van der Waals surface area contributed by atoms with Gasteiger partial charge in [0.25, 0.3) is 11.6 Å². The predicted octanol–water partition coefficient (Wildman–Crippen LogP) is 3.04. The Bertz CT molecular complexity index is 707. The number of thioether (sulfide) groups is 1. The number of hydrogen-bond donors (Lipinski definition) is 0. The lowest BCUT2D eigenvalue weighted by Gasteiger charge is -2.25. The molecule has 2 heterocycles. The number of carbonyl (C=O) groups is 1. The molecule has 0 saturated carbocycles. The predicted molar refractivity (Wildman–Crippen MR) is 84.0 cm³/mol. The molecule has 22 heavy (non-hydrogen) atoms. The normalized spacial score (nSPS) is 14.8. The summed E-state index contributed by atoms with van der Waals surface area (Å²) in [6.07, 6.45) is 0. The first-order valence-corrected chi connectivity index (χ1v) is 8.03. The standard InChI is InChI=1S/C15H14N2O4S/c18-15(16-7-9-22-10-8-16)14-6-5-13(21-14)11-3-1-2-4-12(11)17(19)20/h1-6H,7-10H2. The number of hydrogen-bond acceptors (Lipinski definition) is 5. The fraction of sp³-hybridized carbons (Fsp3) is 0.267. The van der Waals surface area contributed by atoms with Gasteiger partial charge in [-0.3, -0.25) is 14.9 Å². The first-order valence-electron chi connectivity index (χ1n) is 6.87. The number of furan rings is 1. The molecule has 6 nitrogen and oxygen atoms in total. The van der Waals surface area contributed by atoms with Crippen molar-refractivity contribution >= 4 is 23.4 Å². The Morgan fingerprint density at radius 3 is 2.64 bits per heavy atom. The molecule has 2 aromatic rings. The van der Waals surface area contributed by atoms with Crippen LogP contribution >= 0.6 is 11.8 Å². The van der Waals surface area contributed by atoms with Crippen LogP contribution in [0.5, 0.6) is 0 Å². The maximum atomic E-state index is 12.4. The Morgan fingerprint density at radius 1 is 1.18 bits per heavy atom. The van der Waals surface area contributed by atoms with E-state index in [1.54, 1.807) is 35.2 Å². The molecule has 0 N–H and O–H groups in total. The minimum absolute atomic E-state index is 0.0368. The topological polar surface area (TPSA) is 76.6 Å². The van der Waals surface area contributed by atoms with Crippen molar-refractivity contribution in [2.75, 3.05) is 24.6 Å². The Morgan fingerprint density at radius 2 is 1.91 bits per heavy atom. The zero-order valence-electron chi connectivity index (χ0n) is 11.7. The van der Waals surface area contributed by atoms with Crippen molar-refractivity contribution in [2.24, 2.45) is 0 Å². The van der Waals surface area contributed by atoms with E-state index in [1.165, 1.54) is 6.07 Å². The minimum Gasteiger partial charge on any atom is -0.451 e. The molecule has 1 amide bonds. The molecule has 0 radical (unpaired) electrons. The molecule has 0 bridgehead atoms. The number of amides is 1. The molecule has 1 saturated heterocycles. The lowest BCUT2D eigenvalue weighted by Crippen LogP contribution is -2.37. The van der Waals surface area contributed by atoms with Gasteiger partial charge in [0.15, 0.2) is 5.76 Å². The Hall–Kier alpha value is -2.28. The van der Waals surface area contributed by atoms with E-state index in [0.717, 1.165) is 11.5 Å². The molecule has 0 aliphatic carbocycles. The number of carbonyl (C=O) groups excluding carboxylic acids is 1. The summed E-state index contributed by atoms with van der Waals surface area (Å²) in [6.45, 7) is 1.40. The fourth-order valence-electron chi connectivity index (χ4n) is 2.36. The van der Waals surface area contributed by atoms with Gasteiger partial charge in [0, 0.05) is 30.7 Å². The number of nitrogens with zero attached hydrogens (tertiary/aromatic N) is 2. The summed E-state index contributed by atoms with van der Waals surface area (Å²) < 4.78 is 5.57. The van der Waals surface area contributed by atoms with Gasteiger partial charge in [-0.2, -0.15) is 11.8 Å². The van der Waals surface area contributed by atoms with Crippen LogP contribution in [0.4, 0.5) is 5.69 Å². The highest BCUT2D eigenvalue weighted by molar-refractivity contribution is 7.99. The van der Waals surface area contributed by atoms with E-state index >= 15 is 0 Å². The molecule has 1 fully saturated rings. The van der Waals surface area contributed by atoms with E-state index in [-0.39, 0.29) is 17.4 Å². The van der Waals surface area contributed by atoms with E-state index in [4.69, 9.17) is 4.42 Å². The van der Waals surface area contributed by atoms with E-state index in [2.05, 4.69) is 0 Å². The smallest absolute Gasteiger partial charge is 0.289 e. The zero-order chi connectivity index (χ0) is 15.5. The third-order valence-corrected chi connectivity index (χ3v) is 4.42. The van der Waals surface area contributed by atoms with Gasteiger partial charge in [0.1, 0.15) is 5.76 Å². The van der Waals surface area contributed by atoms with Crippen LogP contribution in [0.1, 0.15) is 10.6 Å². The molecule has 0 atom stereocenters. The summed E-state index contributed by atoms with van der Waals surface area (Å²) >= 11 is 1.82. The molecule has 1 aromatic carbocycles. The highest BCUT2D eigenvalue weighted by atomic mass is 32.2. The summed E-state index contributed by atoms with van der Waals surface area (Å²) in [5.41, 5.74) is 0.339. The van der Waals surface area contributed by atoms with E-state index in [0.29, 0.717) is 24.4 Å². The lowest BCUT2D eigenvalue weighted by atomic mass is 10.1. The van der Waals surface area contributed by atoms with Crippen LogP contribution in [0.25, 0.3) is 11.3 Å². The van der Waals surface area contributed by atoms with Gasteiger partial charge in [-0.1, -0.05) is 12.1 Å². The average molecular weight is 318 g/mol. The first kappa shape index (κ1) is 14.6. The van der Waals surface area contributed by atoms with Crippen molar-refractivity contribution < 1.29 is 14.1 Å². The zero-order valence-corrected chi connectivity index (χ0v) is 12.5. The number of benzene rings is 1. The minimum atomic E-state index is -0.457. The van der Waals surface area contributed by atoms with Crippen molar-refractivity contribution in [3.8, 4) is 11.3 Å². The number of nitro benzene ring substituents is 1. The number of para-hydroxylation sites is 1. The molecule has 1 aliphatic rings. The Balaban J connectivity index is 1.88. The number of rotatable bonds is 3. The molecule has 3 rings (SSSR count). The lowest BCUT2D eigenvalue weighted by molar-refractivity contribution is -0.384. The molecule has 0 spiro atoms. The van der Waals surface area contributed by atoms with Crippen molar-refractivity contribution in [3.63, 3.8) is 0 Å². The quantitative estimate of drug-likeness (QED) is 0.642. The van der Waals surface area contributed by atoms with Crippen molar-refractivity contribution in [1.29, 1.82) is 0 Å². The second kappa shape index (κ2) is 6.23. The fourth-order valence-corrected chi connectivity index (χ4v) is 3.26. The third kappa shape index (κ3) is 2.85. The van der Waals surface area contributed by atoms with Crippen molar-refractivity contribution in [3.05, 3.63) is 52.3 Å². The van der Waals surface area contributed by atoms with Crippen LogP contribution in [0.2, 0.25) is 0 Å². The van der Waals surface area contributed by atoms with Crippen molar-refractivity contribution in [2.45, 2.75) is 0 Å². The molecular formula is C15H14N2O4S. The Kier molecular flexibility index (Phi) is 4.15. The highest BCUT2D eigenvalue weighted by Gasteiger charge is 2.23. The van der Waals surface area contributed by atoms with Crippen LogP contribution in [0, 0.1) is 10.1 Å². The van der Waals surface area contributed by atoms with Crippen LogP contribution < -0.4 is 0 Å². The molecule has 1 aromatic heterocycles. The first-order chi connectivity index (χ1) is 10.7. The number of nitro groups is 1. The average Bonchev–Trinajstić information content (AvgIpc) is 3.04. The monoisotopic (exact) mass is 318 g/mol. The van der Waals surface area contributed by atoms with Crippen LogP contribution in [0.15, 0.2) is 40.8 Å². The highest BCUT2D eigenvalue weighted by Crippen LogP contribution is 2.31. The van der Waals surface area contributed by atoms with Gasteiger partial charge in [-0.25, -0.2) is 0 Å². The summed E-state index contributed by atoms with van der Waals surface area (Å²) in [6, 6.07) is 9.52. The molecule has 114 valence electrons. The summed E-state index contributed by atoms with van der Waals surface area (Å²) in [5, 5.41) is 11.1. The van der Waals surface area contributed by atoms with Crippen LogP contribution in [-0.4, -0.2) is 40.3 Å². The van der Waals surface area contributed by atoms with Crippen LogP contribution in [0.3, 0.4) is 0 Å². The van der Waals surface area contributed by atoms with E-state index < -0.39 is 4.92 Å². The molecule has 0 unspecified atom stereocenters.